The Bertz CT molecular complexity index is 917. The van der Waals surface area contributed by atoms with Crippen LogP contribution in [0.15, 0.2) is 33.6 Å². The molecule has 1 aromatic rings. The van der Waals surface area contributed by atoms with E-state index in [2.05, 4.69) is 4.40 Å². The molecule has 1 fully saturated rings. The molecule has 0 aliphatic carbocycles. The number of benzene rings is 1. The lowest BCUT2D eigenvalue weighted by molar-refractivity contribution is -0.168. The Hall–Kier alpha value is -2.42. The summed E-state index contributed by atoms with van der Waals surface area (Å²) in [5.41, 5.74) is -0.102. The first-order chi connectivity index (χ1) is 13.1. The quantitative estimate of drug-likeness (QED) is 0.702. The number of amidine groups is 1. The van der Waals surface area contributed by atoms with E-state index in [0.29, 0.717) is 30.8 Å². The van der Waals surface area contributed by atoms with Crippen LogP contribution in [-0.4, -0.2) is 56.4 Å². The van der Waals surface area contributed by atoms with Crippen molar-refractivity contribution in [2.45, 2.75) is 44.1 Å². The van der Waals surface area contributed by atoms with Gasteiger partial charge in [-0.05, 0) is 45.7 Å². The molecular formula is C19H24N2O6S. The fraction of sp³-hybridized carbons (Fsp3) is 0.526. The van der Waals surface area contributed by atoms with Gasteiger partial charge in [0.15, 0.2) is 12.4 Å². The lowest BCUT2D eigenvalue weighted by Crippen LogP contribution is -2.43. The predicted octanol–water partition coefficient (Wildman–Crippen LogP) is 1.73. The molecule has 0 amide bonds. The normalized spacial score (nSPS) is 20.9. The molecule has 0 radical (unpaired) electrons. The van der Waals surface area contributed by atoms with Gasteiger partial charge in [-0.2, -0.15) is 8.42 Å². The molecule has 0 spiro atoms. The first-order valence-electron chi connectivity index (χ1n) is 9.15. The second-order valence-electron chi connectivity index (χ2n) is 7.87. The highest BCUT2D eigenvalue weighted by molar-refractivity contribution is 7.90. The molecule has 0 saturated carbocycles. The number of hydrogen-bond donors (Lipinski definition) is 0. The minimum Gasteiger partial charge on any atom is -0.457 e. The number of hydrogen-bond acceptors (Lipinski definition) is 7. The summed E-state index contributed by atoms with van der Waals surface area (Å²) in [6.07, 6.45) is 1.29. The number of nitrogens with zero attached hydrogens (tertiary/aromatic N) is 2. The summed E-state index contributed by atoms with van der Waals surface area (Å²) in [4.78, 5) is 26.1. The molecular weight excluding hydrogens is 384 g/mol. The maximum atomic E-state index is 12.4. The Morgan fingerprint density at radius 3 is 2.68 bits per heavy atom. The fourth-order valence-electron chi connectivity index (χ4n) is 3.30. The maximum Gasteiger partial charge on any atom is 0.344 e. The van der Waals surface area contributed by atoms with Gasteiger partial charge in [-0.15, -0.1) is 4.40 Å². The summed E-state index contributed by atoms with van der Waals surface area (Å²) in [7, 11) is -3.71. The average molecular weight is 408 g/mol. The van der Waals surface area contributed by atoms with E-state index in [1.165, 1.54) is 6.07 Å². The summed E-state index contributed by atoms with van der Waals surface area (Å²) >= 11 is 0. The number of sulfonamides is 1. The van der Waals surface area contributed by atoms with Crippen molar-refractivity contribution < 1.29 is 27.5 Å². The smallest absolute Gasteiger partial charge is 0.344 e. The van der Waals surface area contributed by atoms with Gasteiger partial charge < -0.3 is 14.4 Å². The van der Waals surface area contributed by atoms with E-state index in [1.54, 1.807) is 43.9 Å². The minimum atomic E-state index is -3.71. The molecule has 152 valence electrons. The average Bonchev–Trinajstić information content (AvgIpc) is 2.90. The van der Waals surface area contributed by atoms with Gasteiger partial charge in [0.25, 0.3) is 10.0 Å². The van der Waals surface area contributed by atoms with Crippen molar-refractivity contribution in [2.75, 3.05) is 19.7 Å². The molecule has 1 aromatic carbocycles. The fourth-order valence-corrected chi connectivity index (χ4v) is 4.52. The molecule has 0 N–H and O–H groups in total. The van der Waals surface area contributed by atoms with Crippen molar-refractivity contribution in [2.24, 2.45) is 10.3 Å². The van der Waals surface area contributed by atoms with Gasteiger partial charge in [0.1, 0.15) is 10.5 Å². The largest absolute Gasteiger partial charge is 0.457 e. The Labute approximate surface area is 164 Å². The molecule has 3 rings (SSSR count). The van der Waals surface area contributed by atoms with Gasteiger partial charge in [-0.25, -0.2) is 4.79 Å². The van der Waals surface area contributed by atoms with E-state index in [4.69, 9.17) is 9.47 Å². The van der Waals surface area contributed by atoms with Gasteiger partial charge in [0.2, 0.25) is 0 Å². The highest BCUT2D eigenvalue weighted by Gasteiger charge is 2.35. The maximum absolute atomic E-state index is 12.4. The van der Waals surface area contributed by atoms with E-state index >= 15 is 0 Å². The molecule has 0 bridgehead atoms. The summed E-state index contributed by atoms with van der Waals surface area (Å²) in [6.45, 7) is 5.65. The second kappa shape index (κ2) is 7.54. The van der Waals surface area contributed by atoms with Crippen LogP contribution in [0.1, 0.15) is 39.2 Å². The van der Waals surface area contributed by atoms with Gasteiger partial charge in [-0.1, -0.05) is 12.1 Å². The van der Waals surface area contributed by atoms with Crippen LogP contribution < -0.4 is 0 Å². The number of fused-ring (bicyclic) bond motifs is 1. The highest BCUT2D eigenvalue weighted by atomic mass is 32.2. The van der Waals surface area contributed by atoms with Crippen molar-refractivity contribution >= 4 is 27.8 Å². The zero-order valence-electron chi connectivity index (χ0n) is 16.2. The van der Waals surface area contributed by atoms with Gasteiger partial charge in [-0.3, -0.25) is 4.79 Å². The molecule has 8 nitrogen and oxygen atoms in total. The zero-order chi connectivity index (χ0) is 20.5. The van der Waals surface area contributed by atoms with E-state index in [1.807, 2.05) is 0 Å². The van der Waals surface area contributed by atoms with Crippen LogP contribution in [0.2, 0.25) is 0 Å². The van der Waals surface area contributed by atoms with Crippen LogP contribution in [0, 0.1) is 5.92 Å². The molecule has 0 aromatic heterocycles. The molecule has 2 aliphatic rings. The Kier molecular flexibility index (Phi) is 5.47. The monoisotopic (exact) mass is 408 g/mol. The third-order valence-electron chi connectivity index (χ3n) is 4.42. The first-order valence-corrected chi connectivity index (χ1v) is 10.6. The zero-order valence-corrected chi connectivity index (χ0v) is 17.0. The number of piperidine rings is 1. The first kappa shape index (κ1) is 20.3. The lowest BCUT2D eigenvalue weighted by atomic mass is 9.97. The van der Waals surface area contributed by atoms with E-state index < -0.39 is 40.1 Å². The topological polar surface area (TPSA) is 102 Å². The Balaban J connectivity index is 1.65. The number of rotatable bonds is 3. The highest BCUT2D eigenvalue weighted by Crippen LogP contribution is 2.30. The van der Waals surface area contributed by atoms with Gasteiger partial charge in [0.05, 0.1) is 5.92 Å². The van der Waals surface area contributed by atoms with Crippen molar-refractivity contribution in [3.63, 3.8) is 0 Å². The van der Waals surface area contributed by atoms with E-state index in [0.717, 1.165) is 0 Å². The second-order valence-corrected chi connectivity index (χ2v) is 9.44. The molecule has 1 unspecified atom stereocenters. The predicted molar refractivity (Wildman–Crippen MR) is 101 cm³/mol. The number of carbonyl (C=O) groups is 2. The van der Waals surface area contributed by atoms with Crippen LogP contribution in [0.3, 0.4) is 0 Å². The number of esters is 2. The SMILES string of the molecule is CC(C)(C)OC(=O)COC(=O)C1CCCN(C2=NS(=O)(=O)c3ccccc32)C1. The minimum absolute atomic E-state index is 0.180. The van der Waals surface area contributed by atoms with Crippen LogP contribution >= 0.6 is 0 Å². The van der Waals surface area contributed by atoms with Crippen molar-refractivity contribution in [3.8, 4) is 0 Å². The summed E-state index contributed by atoms with van der Waals surface area (Å²) in [5, 5.41) is 0. The molecule has 2 aliphatic heterocycles. The molecule has 1 saturated heterocycles. The van der Waals surface area contributed by atoms with E-state index in [9.17, 15) is 18.0 Å². The Morgan fingerprint density at radius 1 is 1.25 bits per heavy atom. The standard InChI is InChI=1S/C19H24N2O6S/c1-19(2,3)27-16(22)12-26-18(23)13-7-6-10-21(11-13)17-14-8-4-5-9-15(14)28(24,25)20-17/h4-5,8-9,13H,6-7,10-12H2,1-3H3. The lowest BCUT2D eigenvalue weighted by Gasteiger charge is -2.32. The van der Waals surface area contributed by atoms with E-state index in [-0.39, 0.29) is 11.4 Å². The van der Waals surface area contributed by atoms with Crippen LogP contribution in [0.4, 0.5) is 0 Å². The molecule has 2 heterocycles. The summed E-state index contributed by atoms with van der Waals surface area (Å²) < 4.78 is 38.7. The van der Waals surface area contributed by atoms with Crippen LogP contribution in [0.25, 0.3) is 0 Å². The van der Waals surface area contributed by atoms with Crippen LogP contribution in [0.5, 0.6) is 0 Å². The number of likely N-dealkylation sites (tertiary alicyclic amines) is 1. The number of ether oxygens (including phenoxy) is 2. The molecule has 9 heteroatoms. The van der Waals surface area contributed by atoms with Gasteiger partial charge in [0, 0.05) is 18.7 Å². The summed E-state index contributed by atoms with van der Waals surface area (Å²) in [5.74, 6) is -1.20. The summed E-state index contributed by atoms with van der Waals surface area (Å²) in [6, 6.07) is 6.65. The number of carbonyl (C=O) groups excluding carboxylic acids is 2. The molecule has 28 heavy (non-hydrogen) atoms. The Morgan fingerprint density at radius 2 is 1.96 bits per heavy atom. The van der Waals surface area contributed by atoms with Crippen LogP contribution in [-0.2, 0) is 29.1 Å². The van der Waals surface area contributed by atoms with Crippen molar-refractivity contribution in [3.05, 3.63) is 29.8 Å². The third-order valence-corrected chi connectivity index (χ3v) is 5.74. The van der Waals surface area contributed by atoms with Crippen molar-refractivity contribution in [1.29, 1.82) is 0 Å². The van der Waals surface area contributed by atoms with Crippen molar-refractivity contribution in [1.82, 2.24) is 4.90 Å². The van der Waals surface area contributed by atoms with Gasteiger partial charge >= 0.3 is 11.9 Å². The third kappa shape index (κ3) is 4.52. The molecule has 1 atom stereocenters.